The minimum absolute atomic E-state index is 0.175. The zero-order chi connectivity index (χ0) is 17.7. The standard InChI is InChI=1S/C20H21FN4/c1-10(2)18-11(3)24-19-14(18)7-12(8-16(19)21)13-5-6-17-15(13)9-23-20(22-4)25-17/h5,7-10,18H,6H2,1-4H3,(H,22,23,25). The summed E-state index contributed by atoms with van der Waals surface area (Å²) in [7, 11) is 1.80. The van der Waals surface area contributed by atoms with Crippen molar-refractivity contribution >= 4 is 22.9 Å². The number of anilines is 1. The highest BCUT2D eigenvalue weighted by Gasteiger charge is 2.30. The lowest BCUT2D eigenvalue weighted by Crippen LogP contribution is -2.11. The van der Waals surface area contributed by atoms with Gasteiger partial charge in [0.15, 0.2) is 0 Å². The fourth-order valence-corrected chi connectivity index (χ4v) is 3.94. The largest absolute Gasteiger partial charge is 0.357 e. The van der Waals surface area contributed by atoms with Gasteiger partial charge >= 0.3 is 0 Å². The molecule has 5 heteroatoms. The van der Waals surface area contributed by atoms with Gasteiger partial charge in [-0.15, -0.1) is 0 Å². The van der Waals surface area contributed by atoms with Crippen LogP contribution >= 0.6 is 0 Å². The third-order valence-corrected chi connectivity index (χ3v) is 5.02. The Morgan fingerprint density at radius 2 is 2.08 bits per heavy atom. The van der Waals surface area contributed by atoms with E-state index in [1.807, 2.05) is 13.1 Å². The van der Waals surface area contributed by atoms with Gasteiger partial charge in [-0.2, -0.15) is 0 Å². The van der Waals surface area contributed by atoms with Crippen LogP contribution < -0.4 is 5.32 Å². The molecule has 0 spiro atoms. The van der Waals surface area contributed by atoms with Crippen LogP contribution in [-0.2, 0) is 6.42 Å². The van der Waals surface area contributed by atoms with Crippen LogP contribution in [0.4, 0.5) is 16.0 Å². The highest BCUT2D eigenvalue weighted by Crippen LogP contribution is 2.44. The van der Waals surface area contributed by atoms with Gasteiger partial charge in [-0.25, -0.2) is 14.4 Å². The molecule has 2 aromatic rings. The molecule has 1 atom stereocenters. The molecule has 1 aromatic carbocycles. The summed E-state index contributed by atoms with van der Waals surface area (Å²) in [5, 5.41) is 2.96. The van der Waals surface area contributed by atoms with Crippen LogP contribution in [0.25, 0.3) is 5.57 Å². The molecule has 1 aliphatic carbocycles. The molecule has 4 nitrogen and oxygen atoms in total. The van der Waals surface area contributed by atoms with E-state index in [4.69, 9.17) is 0 Å². The number of nitrogens with zero attached hydrogens (tertiary/aromatic N) is 3. The van der Waals surface area contributed by atoms with Crippen LogP contribution in [0, 0.1) is 11.7 Å². The molecule has 2 aliphatic rings. The summed E-state index contributed by atoms with van der Waals surface area (Å²) >= 11 is 0. The first-order valence-electron chi connectivity index (χ1n) is 8.62. The lowest BCUT2D eigenvalue weighted by atomic mass is 9.85. The Hall–Kier alpha value is -2.56. The fraction of sp³-hybridized carbons (Fsp3) is 0.350. The smallest absolute Gasteiger partial charge is 0.222 e. The minimum Gasteiger partial charge on any atom is -0.357 e. The van der Waals surface area contributed by atoms with Gasteiger partial charge in [-0.3, -0.25) is 4.99 Å². The summed E-state index contributed by atoms with van der Waals surface area (Å²) in [6.45, 7) is 6.29. The molecule has 2 heterocycles. The predicted molar refractivity (Wildman–Crippen MR) is 99.1 cm³/mol. The summed E-state index contributed by atoms with van der Waals surface area (Å²) in [4.78, 5) is 13.3. The van der Waals surface area contributed by atoms with Gasteiger partial charge in [0.25, 0.3) is 0 Å². The quantitative estimate of drug-likeness (QED) is 0.898. The molecule has 4 rings (SSSR count). The topological polar surface area (TPSA) is 50.2 Å². The van der Waals surface area contributed by atoms with Gasteiger partial charge in [0.1, 0.15) is 11.5 Å². The maximum absolute atomic E-state index is 14.7. The van der Waals surface area contributed by atoms with Gasteiger partial charge in [-0.05, 0) is 41.7 Å². The molecule has 128 valence electrons. The van der Waals surface area contributed by atoms with E-state index in [-0.39, 0.29) is 11.7 Å². The summed E-state index contributed by atoms with van der Waals surface area (Å²) in [6, 6.07) is 3.68. The molecule has 0 saturated carbocycles. The normalized spacial score (nSPS) is 18.1. The third kappa shape index (κ3) is 2.46. The monoisotopic (exact) mass is 336 g/mol. The van der Waals surface area contributed by atoms with Crippen molar-refractivity contribution < 1.29 is 4.39 Å². The molecule has 1 unspecified atom stereocenters. The first-order chi connectivity index (χ1) is 12.0. The first kappa shape index (κ1) is 15.9. The molecular weight excluding hydrogens is 315 g/mol. The van der Waals surface area contributed by atoms with Crippen LogP contribution in [0.2, 0.25) is 0 Å². The zero-order valence-electron chi connectivity index (χ0n) is 14.9. The van der Waals surface area contributed by atoms with Crippen molar-refractivity contribution in [2.75, 3.05) is 12.4 Å². The molecule has 1 aliphatic heterocycles. The third-order valence-electron chi connectivity index (χ3n) is 5.02. The molecule has 0 saturated heterocycles. The number of benzene rings is 1. The van der Waals surface area contributed by atoms with E-state index in [2.05, 4.69) is 46.3 Å². The predicted octanol–water partition coefficient (Wildman–Crippen LogP) is 4.49. The van der Waals surface area contributed by atoms with Crippen molar-refractivity contribution in [3.05, 3.63) is 52.6 Å². The average molecular weight is 336 g/mol. The summed E-state index contributed by atoms with van der Waals surface area (Å²) in [5.41, 5.74) is 6.32. The van der Waals surface area contributed by atoms with Crippen LogP contribution in [0.1, 0.15) is 49.1 Å². The van der Waals surface area contributed by atoms with Crippen molar-refractivity contribution in [2.24, 2.45) is 10.9 Å². The number of fused-ring (bicyclic) bond motifs is 2. The van der Waals surface area contributed by atoms with E-state index in [0.29, 0.717) is 17.6 Å². The Bertz CT molecular complexity index is 928. The molecule has 1 N–H and O–H groups in total. The van der Waals surface area contributed by atoms with Gasteiger partial charge < -0.3 is 5.32 Å². The maximum atomic E-state index is 14.7. The van der Waals surface area contributed by atoms with E-state index >= 15 is 0 Å². The Morgan fingerprint density at radius 1 is 1.28 bits per heavy atom. The summed E-state index contributed by atoms with van der Waals surface area (Å²) < 4.78 is 14.7. The Morgan fingerprint density at radius 3 is 2.80 bits per heavy atom. The first-order valence-corrected chi connectivity index (χ1v) is 8.62. The van der Waals surface area contributed by atoms with Crippen molar-refractivity contribution in [1.82, 2.24) is 9.97 Å². The van der Waals surface area contributed by atoms with Gasteiger partial charge in [0, 0.05) is 36.9 Å². The van der Waals surface area contributed by atoms with Crippen LogP contribution in [-0.4, -0.2) is 22.7 Å². The van der Waals surface area contributed by atoms with E-state index in [9.17, 15) is 4.39 Å². The summed E-state index contributed by atoms with van der Waals surface area (Å²) in [6.07, 6.45) is 4.66. The second-order valence-corrected chi connectivity index (χ2v) is 7.00. The minimum atomic E-state index is -0.253. The molecular formula is C20H21FN4. The number of allylic oxidation sites excluding steroid dienone is 1. The molecule has 0 fully saturated rings. The van der Waals surface area contributed by atoms with Crippen molar-refractivity contribution in [3.8, 4) is 0 Å². The fourth-order valence-electron chi connectivity index (χ4n) is 3.94. The summed E-state index contributed by atoms with van der Waals surface area (Å²) in [5.74, 6) is 0.911. The highest BCUT2D eigenvalue weighted by atomic mass is 19.1. The molecule has 0 radical (unpaired) electrons. The Labute approximate surface area is 146 Å². The number of hydrogen-bond donors (Lipinski definition) is 1. The second-order valence-electron chi connectivity index (χ2n) is 7.00. The number of hydrogen-bond acceptors (Lipinski definition) is 4. The van der Waals surface area contributed by atoms with Gasteiger partial charge in [0.05, 0.1) is 5.69 Å². The van der Waals surface area contributed by atoms with Crippen molar-refractivity contribution in [1.29, 1.82) is 0 Å². The van der Waals surface area contributed by atoms with Gasteiger partial charge in [0.2, 0.25) is 5.95 Å². The van der Waals surface area contributed by atoms with Crippen LogP contribution in [0.5, 0.6) is 0 Å². The van der Waals surface area contributed by atoms with Gasteiger partial charge in [-0.1, -0.05) is 19.9 Å². The molecule has 0 bridgehead atoms. The average Bonchev–Trinajstić information content (AvgIpc) is 3.14. The number of rotatable bonds is 3. The molecule has 1 aromatic heterocycles. The highest BCUT2D eigenvalue weighted by molar-refractivity contribution is 5.97. The Balaban J connectivity index is 1.80. The number of halogens is 1. The van der Waals surface area contributed by atoms with Crippen LogP contribution in [0.3, 0.4) is 0 Å². The van der Waals surface area contributed by atoms with E-state index < -0.39 is 0 Å². The second kappa shape index (κ2) is 5.76. The van der Waals surface area contributed by atoms with Crippen LogP contribution in [0.15, 0.2) is 29.4 Å². The maximum Gasteiger partial charge on any atom is 0.222 e. The van der Waals surface area contributed by atoms with Crippen molar-refractivity contribution in [2.45, 2.75) is 33.1 Å². The number of aromatic nitrogens is 2. The lowest BCUT2D eigenvalue weighted by molar-refractivity contribution is 0.601. The lowest BCUT2D eigenvalue weighted by Gasteiger charge is -2.18. The SMILES string of the molecule is CNc1ncc2c(n1)CC=C2c1cc(F)c2c(c1)C(C(C)C)C(C)=N2. The Kier molecular flexibility index (Phi) is 3.67. The number of aliphatic imine (C=N–C) groups is 1. The molecule has 25 heavy (non-hydrogen) atoms. The zero-order valence-corrected chi connectivity index (χ0v) is 14.9. The van der Waals surface area contributed by atoms with E-state index in [0.717, 1.165) is 40.1 Å². The number of nitrogens with one attached hydrogen (secondary N) is 1. The van der Waals surface area contributed by atoms with E-state index in [1.54, 1.807) is 13.1 Å². The molecule has 0 amide bonds. The van der Waals surface area contributed by atoms with Crippen molar-refractivity contribution in [3.63, 3.8) is 0 Å². The van der Waals surface area contributed by atoms with E-state index in [1.165, 1.54) is 0 Å².